The molecule has 11 heavy (non-hydrogen) atoms. The molecule has 0 saturated carbocycles. The van der Waals surface area contributed by atoms with Gasteiger partial charge < -0.3 is 0 Å². The minimum Gasteiger partial charge on any atom is -0.210 e. The zero-order valence-corrected chi connectivity index (χ0v) is 6.89. The molecule has 0 aliphatic heterocycles. The molecule has 50 valence electrons. The second-order valence-corrected chi connectivity index (χ2v) is 2.24. The first-order valence-corrected chi connectivity index (χ1v) is 3.04. The molecule has 0 unspecified atom stereocenters. The molecular weight excluding hydrogens is 129 g/mol. The van der Waals surface area contributed by atoms with Gasteiger partial charge in [-0.25, -0.2) is 4.85 Å². The summed E-state index contributed by atoms with van der Waals surface area (Å²) in [4.78, 5) is 3.32. The van der Waals surface area contributed by atoms with Gasteiger partial charge in [0.05, 0.1) is 0 Å². The fourth-order valence-corrected chi connectivity index (χ4v) is 0.778. The van der Waals surface area contributed by atoms with Crippen LogP contribution in [-0.4, -0.2) is 0 Å². The number of rotatable bonds is 0. The smallest absolute Gasteiger partial charge is 0.210 e. The van der Waals surface area contributed by atoms with E-state index in [0.29, 0.717) is 5.69 Å². The number of benzene rings is 1. The van der Waals surface area contributed by atoms with E-state index in [1.165, 1.54) is 0 Å². The molecule has 0 spiro atoms. The van der Waals surface area contributed by atoms with E-state index in [4.69, 9.17) is 6.57 Å². The van der Waals surface area contributed by atoms with Crippen molar-refractivity contribution in [3.8, 4) is 0 Å². The number of aryl methyl sites for hydroxylation is 1. The quantitative estimate of drug-likeness (QED) is 0.342. The molecule has 0 amide bonds. The van der Waals surface area contributed by atoms with Crippen molar-refractivity contribution in [3.63, 3.8) is 0 Å². The Morgan fingerprint density at radius 3 is 2.55 bits per heavy atom. The monoisotopic (exact) mass is 137 g/mol. The first-order chi connectivity index (χ1) is 4.74. The van der Waals surface area contributed by atoms with Crippen LogP contribution in [0.4, 0.5) is 5.69 Å². The molecule has 1 nitrogen and oxygen atoms in total. The standard InChI is InChI=1S/C9H8N.Li/c1-7-4-5-8(2)9(6-7)10-3;/h4-6H,2H2,1H3;/q-1;+1. The normalized spacial score (nSPS) is 8.00. The van der Waals surface area contributed by atoms with Gasteiger partial charge >= 0.3 is 18.9 Å². The van der Waals surface area contributed by atoms with Crippen molar-refractivity contribution in [3.05, 3.63) is 47.7 Å². The third-order valence-corrected chi connectivity index (χ3v) is 1.36. The van der Waals surface area contributed by atoms with Crippen LogP contribution in [0.2, 0.25) is 0 Å². The summed E-state index contributed by atoms with van der Waals surface area (Å²) in [6, 6.07) is 5.66. The van der Waals surface area contributed by atoms with Crippen molar-refractivity contribution in [1.29, 1.82) is 0 Å². The van der Waals surface area contributed by atoms with Gasteiger partial charge in [-0.2, -0.15) is 13.0 Å². The Morgan fingerprint density at radius 1 is 1.45 bits per heavy atom. The Hall–Kier alpha value is -0.823. The van der Waals surface area contributed by atoms with E-state index < -0.39 is 0 Å². The van der Waals surface area contributed by atoms with Gasteiger partial charge in [0.25, 0.3) is 0 Å². The Kier molecular flexibility index (Phi) is 3.83. The van der Waals surface area contributed by atoms with E-state index in [0.717, 1.165) is 11.1 Å². The molecule has 0 radical (unpaired) electrons. The zero-order valence-electron chi connectivity index (χ0n) is 6.89. The summed E-state index contributed by atoms with van der Waals surface area (Å²) in [5.41, 5.74) is 2.57. The summed E-state index contributed by atoms with van der Waals surface area (Å²) in [6.07, 6.45) is 0. The largest absolute Gasteiger partial charge is 1.00 e. The predicted molar refractivity (Wildman–Crippen MR) is 41.9 cm³/mol. The fraction of sp³-hybridized carbons (Fsp3) is 0.111. The Bertz CT molecular complexity index is 286. The van der Waals surface area contributed by atoms with Crippen LogP contribution in [0.5, 0.6) is 0 Å². The van der Waals surface area contributed by atoms with Crippen LogP contribution in [0.3, 0.4) is 0 Å². The van der Waals surface area contributed by atoms with Gasteiger partial charge in [-0.15, -0.1) is 11.6 Å². The summed E-state index contributed by atoms with van der Waals surface area (Å²) >= 11 is 0. The van der Waals surface area contributed by atoms with E-state index in [-0.39, 0.29) is 18.9 Å². The Labute approximate surface area is 79.4 Å². The van der Waals surface area contributed by atoms with Gasteiger partial charge in [-0.3, -0.25) is 0 Å². The van der Waals surface area contributed by atoms with Crippen molar-refractivity contribution < 1.29 is 18.9 Å². The van der Waals surface area contributed by atoms with Crippen molar-refractivity contribution in [2.24, 2.45) is 0 Å². The van der Waals surface area contributed by atoms with Gasteiger partial charge in [0, 0.05) is 0 Å². The summed E-state index contributed by atoms with van der Waals surface area (Å²) in [5, 5.41) is 0. The average molecular weight is 137 g/mol. The summed E-state index contributed by atoms with van der Waals surface area (Å²) in [5.74, 6) is 0. The summed E-state index contributed by atoms with van der Waals surface area (Å²) in [6.45, 7) is 12.5. The minimum atomic E-state index is 0. The fourth-order valence-electron chi connectivity index (χ4n) is 0.778. The van der Waals surface area contributed by atoms with Crippen LogP contribution in [0.25, 0.3) is 4.85 Å². The van der Waals surface area contributed by atoms with E-state index >= 15 is 0 Å². The molecule has 1 rings (SSSR count). The van der Waals surface area contributed by atoms with Crippen LogP contribution in [0.15, 0.2) is 18.2 Å². The first-order valence-electron chi connectivity index (χ1n) is 3.04. The van der Waals surface area contributed by atoms with Crippen molar-refractivity contribution >= 4 is 5.69 Å². The van der Waals surface area contributed by atoms with Gasteiger partial charge in [0.1, 0.15) is 6.57 Å². The predicted octanol–water partition coefficient (Wildman–Crippen LogP) is -0.268. The molecule has 0 aliphatic rings. The first kappa shape index (κ1) is 10.2. The third-order valence-electron chi connectivity index (χ3n) is 1.36. The van der Waals surface area contributed by atoms with E-state index in [9.17, 15) is 0 Å². The van der Waals surface area contributed by atoms with E-state index in [1.807, 2.05) is 25.1 Å². The molecule has 0 fully saturated rings. The molecule has 0 bridgehead atoms. The summed E-state index contributed by atoms with van der Waals surface area (Å²) in [7, 11) is 0. The second kappa shape index (κ2) is 4.14. The van der Waals surface area contributed by atoms with Crippen molar-refractivity contribution in [2.75, 3.05) is 0 Å². The van der Waals surface area contributed by atoms with Crippen LogP contribution in [0, 0.1) is 20.4 Å². The zero-order chi connectivity index (χ0) is 7.56. The maximum atomic E-state index is 6.77. The maximum absolute atomic E-state index is 6.77. The molecule has 1 aromatic carbocycles. The second-order valence-electron chi connectivity index (χ2n) is 2.24. The minimum absolute atomic E-state index is 0. The average Bonchev–Trinajstić information content (AvgIpc) is 1.94. The van der Waals surface area contributed by atoms with Gasteiger partial charge in [0.15, 0.2) is 0 Å². The van der Waals surface area contributed by atoms with Crippen molar-refractivity contribution in [1.82, 2.24) is 0 Å². The molecular formula is C9H8LiN. The molecule has 2 heteroatoms. The Morgan fingerprint density at radius 2 is 2.09 bits per heavy atom. The molecule has 0 saturated heterocycles. The topological polar surface area (TPSA) is 4.36 Å². The van der Waals surface area contributed by atoms with Crippen LogP contribution in [-0.2, 0) is 0 Å². The van der Waals surface area contributed by atoms with Gasteiger partial charge in [0.2, 0.25) is 5.69 Å². The molecule has 0 N–H and O–H groups in total. The molecule has 0 heterocycles. The van der Waals surface area contributed by atoms with E-state index in [1.54, 1.807) is 0 Å². The Balaban J connectivity index is 0.000001000. The van der Waals surface area contributed by atoms with Gasteiger partial charge in [-0.05, 0) is 13.0 Å². The molecule has 0 aliphatic carbocycles. The van der Waals surface area contributed by atoms with Crippen LogP contribution >= 0.6 is 0 Å². The van der Waals surface area contributed by atoms with Crippen molar-refractivity contribution in [2.45, 2.75) is 6.92 Å². The van der Waals surface area contributed by atoms with Crippen LogP contribution < -0.4 is 18.9 Å². The number of nitrogens with zero attached hydrogens (tertiary/aromatic N) is 1. The molecule has 0 atom stereocenters. The van der Waals surface area contributed by atoms with Gasteiger partial charge in [-0.1, -0.05) is 5.56 Å². The SMILES string of the molecule is [C-]#[N+]c1cc(C)ccc1[CH2-].[Li+]. The maximum Gasteiger partial charge on any atom is 1.00 e. The number of hydrogen-bond acceptors (Lipinski definition) is 0. The molecule has 0 aromatic heterocycles. The summed E-state index contributed by atoms with van der Waals surface area (Å²) < 4.78 is 0. The number of hydrogen-bond donors (Lipinski definition) is 0. The third kappa shape index (κ3) is 2.35. The van der Waals surface area contributed by atoms with E-state index in [2.05, 4.69) is 11.8 Å². The van der Waals surface area contributed by atoms with Crippen LogP contribution in [0.1, 0.15) is 11.1 Å². The molecule has 1 aromatic rings.